The quantitative estimate of drug-likeness (QED) is 0.764. The van der Waals surface area contributed by atoms with E-state index in [0.717, 1.165) is 44.4 Å². The van der Waals surface area contributed by atoms with Gasteiger partial charge in [0.2, 0.25) is 0 Å². The number of nitrogens with zero attached hydrogens (tertiary/aromatic N) is 4. The second-order valence-corrected chi connectivity index (χ2v) is 7.30. The number of thioether (sulfide) groups is 1. The molecule has 2 heterocycles. The van der Waals surface area contributed by atoms with E-state index in [1.807, 2.05) is 25.6 Å². The Morgan fingerprint density at radius 2 is 1.29 bits per heavy atom. The smallest absolute Gasteiger partial charge is 0.118 e. The highest BCUT2D eigenvalue weighted by Gasteiger charge is 2.02. The van der Waals surface area contributed by atoms with E-state index in [4.69, 9.17) is 0 Å². The van der Waals surface area contributed by atoms with Crippen LogP contribution in [0.5, 0.6) is 0 Å². The average Bonchev–Trinajstić information content (AvgIpc) is 2.88. The van der Waals surface area contributed by atoms with Crippen molar-refractivity contribution in [2.45, 2.75) is 26.7 Å². The second kappa shape index (κ2) is 6.42. The molecule has 2 aromatic rings. The van der Waals surface area contributed by atoms with Gasteiger partial charge in [-0.05, 0) is 25.4 Å². The topological polar surface area (TPSA) is 51.6 Å². The highest BCUT2D eigenvalue weighted by Crippen LogP contribution is 2.14. The zero-order valence-corrected chi connectivity index (χ0v) is 12.3. The van der Waals surface area contributed by atoms with Crippen molar-refractivity contribution in [2.75, 3.05) is 11.5 Å². The van der Waals surface area contributed by atoms with Gasteiger partial charge in [0.15, 0.2) is 0 Å². The van der Waals surface area contributed by atoms with Crippen molar-refractivity contribution >= 4 is 34.4 Å². The first-order valence-electron chi connectivity index (χ1n) is 5.40. The SMILES string of the molecule is Cc1nnc(CCSCCc2nnc(C)s2)s1. The molecule has 2 rings (SSSR count). The highest BCUT2D eigenvalue weighted by molar-refractivity contribution is 7.99. The summed E-state index contributed by atoms with van der Waals surface area (Å²) in [5, 5.41) is 20.6. The Hall–Kier alpha value is -0.530. The zero-order chi connectivity index (χ0) is 12.1. The first kappa shape index (κ1) is 12.9. The molecule has 0 amide bonds. The lowest BCUT2D eigenvalue weighted by atomic mass is 10.5. The maximum atomic E-state index is 4.11. The van der Waals surface area contributed by atoms with Crippen LogP contribution in [0.25, 0.3) is 0 Å². The molecule has 0 N–H and O–H groups in total. The van der Waals surface area contributed by atoms with Gasteiger partial charge in [0.05, 0.1) is 0 Å². The second-order valence-electron chi connectivity index (χ2n) is 3.54. The molecule has 0 aliphatic rings. The molecule has 0 aliphatic carbocycles. The van der Waals surface area contributed by atoms with Crippen LogP contribution in [0.3, 0.4) is 0 Å². The third kappa shape index (κ3) is 4.33. The van der Waals surface area contributed by atoms with Crippen LogP contribution in [0.1, 0.15) is 20.0 Å². The molecule has 0 saturated heterocycles. The number of aromatic nitrogens is 4. The molecule has 92 valence electrons. The summed E-state index contributed by atoms with van der Waals surface area (Å²) in [5.74, 6) is 2.21. The molecule has 0 fully saturated rings. The van der Waals surface area contributed by atoms with Crippen molar-refractivity contribution in [3.05, 3.63) is 20.0 Å². The van der Waals surface area contributed by atoms with Crippen LogP contribution in [0.15, 0.2) is 0 Å². The van der Waals surface area contributed by atoms with E-state index in [2.05, 4.69) is 20.4 Å². The van der Waals surface area contributed by atoms with Gasteiger partial charge >= 0.3 is 0 Å². The average molecular weight is 286 g/mol. The van der Waals surface area contributed by atoms with Gasteiger partial charge in [-0.2, -0.15) is 11.8 Å². The Morgan fingerprint density at radius 1 is 0.824 bits per heavy atom. The summed E-state index contributed by atoms with van der Waals surface area (Å²) in [4.78, 5) is 0. The van der Waals surface area contributed by atoms with E-state index in [1.165, 1.54) is 0 Å². The summed E-state index contributed by atoms with van der Waals surface area (Å²) in [6.45, 7) is 3.98. The maximum Gasteiger partial charge on any atom is 0.118 e. The summed E-state index contributed by atoms with van der Waals surface area (Å²) < 4.78 is 0. The fourth-order valence-corrected chi connectivity index (χ4v) is 3.85. The maximum absolute atomic E-state index is 4.11. The van der Waals surface area contributed by atoms with Gasteiger partial charge in [0.1, 0.15) is 20.0 Å². The zero-order valence-electron chi connectivity index (χ0n) is 9.84. The molecule has 17 heavy (non-hydrogen) atoms. The fourth-order valence-electron chi connectivity index (χ4n) is 1.30. The molecule has 0 atom stereocenters. The molecule has 2 aromatic heterocycles. The van der Waals surface area contributed by atoms with Gasteiger partial charge in [-0.1, -0.05) is 0 Å². The molecular weight excluding hydrogens is 272 g/mol. The van der Waals surface area contributed by atoms with Gasteiger partial charge < -0.3 is 0 Å². The van der Waals surface area contributed by atoms with E-state index in [0.29, 0.717) is 0 Å². The summed E-state index contributed by atoms with van der Waals surface area (Å²) in [7, 11) is 0. The Bertz CT molecular complexity index is 423. The first-order chi connectivity index (χ1) is 8.24. The summed E-state index contributed by atoms with van der Waals surface area (Å²) in [6, 6.07) is 0. The third-order valence-electron chi connectivity index (χ3n) is 2.06. The molecular formula is C10H14N4S3. The number of rotatable bonds is 6. The molecule has 0 radical (unpaired) electrons. The van der Waals surface area contributed by atoms with Gasteiger partial charge in [0, 0.05) is 12.8 Å². The largest absolute Gasteiger partial charge is 0.161 e. The van der Waals surface area contributed by atoms with Crippen LogP contribution in [0.4, 0.5) is 0 Å². The molecule has 4 nitrogen and oxygen atoms in total. The van der Waals surface area contributed by atoms with Crippen molar-refractivity contribution in [2.24, 2.45) is 0 Å². The number of hydrogen-bond donors (Lipinski definition) is 0. The lowest BCUT2D eigenvalue weighted by Gasteiger charge is -1.96. The molecule has 0 saturated carbocycles. The van der Waals surface area contributed by atoms with E-state index in [9.17, 15) is 0 Å². The van der Waals surface area contributed by atoms with Crippen LogP contribution < -0.4 is 0 Å². The van der Waals surface area contributed by atoms with E-state index < -0.39 is 0 Å². The molecule has 7 heteroatoms. The number of hydrogen-bond acceptors (Lipinski definition) is 7. The minimum Gasteiger partial charge on any atom is -0.161 e. The van der Waals surface area contributed by atoms with Crippen LogP contribution in [0, 0.1) is 13.8 Å². The summed E-state index contributed by atoms with van der Waals surface area (Å²) >= 11 is 5.32. The third-order valence-corrected chi connectivity index (χ3v) is 4.84. The molecule has 0 aromatic carbocycles. The molecule has 0 unspecified atom stereocenters. The van der Waals surface area contributed by atoms with E-state index in [-0.39, 0.29) is 0 Å². The first-order valence-corrected chi connectivity index (χ1v) is 8.18. The van der Waals surface area contributed by atoms with Gasteiger partial charge in [-0.3, -0.25) is 0 Å². The fraction of sp³-hybridized carbons (Fsp3) is 0.600. The van der Waals surface area contributed by atoms with Gasteiger partial charge in [0.25, 0.3) is 0 Å². The molecule has 0 aliphatic heterocycles. The predicted molar refractivity (Wildman–Crippen MR) is 74.0 cm³/mol. The molecule has 0 bridgehead atoms. The van der Waals surface area contributed by atoms with Crippen LogP contribution in [-0.2, 0) is 12.8 Å². The van der Waals surface area contributed by atoms with Gasteiger partial charge in [-0.15, -0.1) is 43.1 Å². The Balaban J connectivity index is 1.60. The minimum absolute atomic E-state index is 1.02. The minimum atomic E-state index is 1.02. The van der Waals surface area contributed by atoms with Crippen molar-refractivity contribution < 1.29 is 0 Å². The lowest BCUT2D eigenvalue weighted by Crippen LogP contribution is -1.92. The Morgan fingerprint density at radius 3 is 1.65 bits per heavy atom. The van der Waals surface area contributed by atoms with Crippen LogP contribution in [-0.4, -0.2) is 31.9 Å². The Labute approximate surface area is 113 Å². The van der Waals surface area contributed by atoms with Crippen molar-refractivity contribution in [1.29, 1.82) is 0 Å². The standard InChI is InChI=1S/C10H14N4S3/c1-7-11-13-9(16-7)3-5-15-6-4-10-14-12-8(2)17-10/h3-6H2,1-2H3. The predicted octanol–water partition coefficient (Wildman–Crippen LogP) is 2.52. The highest BCUT2D eigenvalue weighted by atomic mass is 32.2. The Kier molecular flexibility index (Phi) is 4.87. The van der Waals surface area contributed by atoms with Crippen LogP contribution >= 0.6 is 34.4 Å². The van der Waals surface area contributed by atoms with Crippen molar-refractivity contribution in [3.63, 3.8) is 0 Å². The van der Waals surface area contributed by atoms with E-state index >= 15 is 0 Å². The van der Waals surface area contributed by atoms with E-state index in [1.54, 1.807) is 22.7 Å². The molecule has 0 spiro atoms. The summed E-state index contributed by atoms with van der Waals surface area (Å²) in [5.41, 5.74) is 0. The van der Waals surface area contributed by atoms with Crippen molar-refractivity contribution in [1.82, 2.24) is 20.4 Å². The normalized spacial score (nSPS) is 10.9. The summed E-state index contributed by atoms with van der Waals surface area (Å²) in [6.07, 6.45) is 2.04. The van der Waals surface area contributed by atoms with Crippen LogP contribution in [0.2, 0.25) is 0 Å². The van der Waals surface area contributed by atoms with Crippen molar-refractivity contribution in [3.8, 4) is 0 Å². The van der Waals surface area contributed by atoms with Gasteiger partial charge in [-0.25, -0.2) is 0 Å². The number of aryl methyl sites for hydroxylation is 4. The monoisotopic (exact) mass is 286 g/mol. The lowest BCUT2D eigenvalue weighted by molar-refractivity contribution is 0.962.